The molecule has 2 aromatic carbocycles. The zero-order valence-corrected chi connectivity index (χ0v) is 16.6. The molecule has 1 heterocycles. The van der Waals surface area contributed by atoms with Crippen LogP contribution in [0, 0.1) is 0 Å². The number of aliphatic imine (C=N–C) groups is 1. The lowest BCUT2D eigenvalue weighted by molar-refractivity contribution is -0.148. The molecule has 0 saturated heterocycles. The van der Waals surface area contributed by atoms with Crippen LogP contribution in [0.3, 0.4) is 0 Å². The molecule has 1 aliphatic heterocycles. The summed E-state index contributed by atoms with van der Waals surface area (Å²) in [5, 5.41) is 2.50. The van der Waals surface area contributed by atoms with E-state index in [2.05, 4.69) is 15.0 Å². The first kappa shape index (κ1) is 21.0. The molecule has 10 nitrogen and oxygen atoms in total. The third kappa shape index (κ3) is 4.63. The van der Waals surface area contributed by atoms with Crippen LogP contribution in [0.25, 0.3) is 0 Å². The molecule has 2 aromatic rings. The van der Waals surface area contributed by atoms with Gasteiger partial charge in [0.2, 0.25) is 5.91 Å². The van der Waals surface area contributed by atoms with E-state index in [0.717, 1.165) is 0 Å². The minimum absolute atomic E-state index is 0.0362. The van der Waals surface area contributed by atoms with Crippen LogP contribution in [-0.4, -0.2) is 44.7 Å². The number of rotatable bonds is 6. The fraction of sp³-hybridized carbons (Fsp3) is 0.158. The van der Waals surface area contributed by atoms with Gasteiger partial charge in [0, 0.05) is 16.8 Å². The number of primary amides is 1. The van der Waals surface area contributed by atoms with Crippen LogP contribution in [-0.2, 0) is 24.3 Å². The van der Waals surface area contributed by atoms with E-state index in [0.29, 0.717) is 11.3 Å². The second-order valence-corrected chi connectivity index (χ2v) is 8.00. The number of carbonyl (C=O) groups excluding carboxylic acids is 3. The number of benzene rings is 2. The molecule has 156 valence electrons. The quantitative estimate of drug-likeness (QED) is 0.563. The Kier molecular flexibility index (Phi) is 5.83. The van der Waals surface area contributed by atoms with Crippen LogP contribution in [0.4, 0.5) is 5.69 Å². The van der Waals surface area contributed by atoms with E-state index in [9.17, 15) is 22.8 Å². The Morgan fingerprint density at radius 3 is 2.47 bits per heavy atom. The van der Waals surface area contributed by atoms with Gasteiger partial charge < -0.3 is 15.8 Å². The number of sulfonamides is 1. The van der Waals surface area contributed by atoms with Crippen LogP contribution >= 0.6 is 0 Å². The van der Waals surface area contributed by atoms with E-state index in [1.807, 2.05) is 0 Å². The van der Waals surface area contributed by atoms with Crippen molar-refractivity contribution in [2.75, 3.05) is 11.9 Å². The SMILES string of the molecule is C[C@H](N=C1NS(=O)(=O)c2ccccc21)C(=O)OCC(=O)Nc1ccc(C(N)=O)cc1. The molecule has 4 N–H and O–H groups in total. The van der Waals surface area contributed by atoms with Gasteiger partial charge in [-0.15, -0.1) is 0 Å². The average Bonchev–Trinajstić information content (AvgIpc) is 2.96. The zero-order chi connectivity index (χ0) is 21.9. The molecule has 0 radical (unpaired) electrons. The Morgan fingerprint density at radius 1 is 1.13 bits per heavy atom. The third-order valence-electron chi connectivity index (χ3n) is 4.13. The Balaban J connectivity index is 1.58. The first-order chi connectivity index (χ1) is 14.2. The molecular formula is C19H18N4O6S. The van der Waals surface area contributed by atoms with Crippen molar-refractivity contribution in [3.63, 3.8) is 0 Å². The van der Waals surface area contributed by atoms with E-state index in [4.69, 9.17) is 10.5 Å². The molecule has 0 aromatic heterocycles. The number of carbonyl (C=O) groups is 3. The molecule has 1 atom stereocenters. The number of nitrogens with zero attached hydrogens (tertiary/aromatic N) is 1. The van der Waals surface area contributed by atoms with Crippen LogP contribution < -0.4 is 15.8 Å². The topological polar surface area (TPSA) is 157 Å². The van der Waals surface area contributed by atoms with Crippen molar-refractivity contribution in [3.8, 4) is 0 Å². The van der Waals surface area contributed by atoms with Crippen LogP contribution in [0.1, 0.15) is 22.8 Å². The maximum atomic E-state index is 12.1. The summed E-state index contributed by atoms with van der Waals surface area (Å²) in [7, 11) is -3.72. The standard InChI is InChI=1S/C19H18N4O6S/c1-11(21-18-14-4-2-3-5-15(14)30(27,28)23-18)19(26)29-10-16(24)22-13-8-6-12(7-9-13)17(20)25/h2-9,11H,10H2,1H3,(H2,20,25)(H,21,23)(H,22,24)/t11-/m0/s1. The minimum atomic E-state index is -3.72. The lowest BCUT2D eigenvalue weighted by Crippen LogP contribution is -2.28. The molecule has 0 fully saturated rings. The molecule has 0 unspecified atom stereocenters. The van der Waals surface area contributed by atoms with Gasteiger partial charge in [-0.2, -0.15) is 0 Å². The number of fused-ring (bicyclic) bond motifs is 1. The van der Waals surface area contributed by atoms with Gasteiger partial charge in [0.05, 0.1) is 4.90 Å². The number of amides is 2. The van der Waals surface area contributed by atoms with E-state index >= 15 is 0 Å². The predicted molar refractivity (Wildman–Crippen MR) is 107 cm³/mol. The van der Waals surface area contributed by atoms with Crippen LogP contribution in [0.15, 0.2) is 58.4 Å². The monoisotopic (exact) mass is 430 g/mol. The van der Waals surface area contributed by atoms with E-state index < -0.39 is 40.5 Å². The molecule has 0 bridgehead atoms. The fourth-order valence-electron chi connectivity index (χ4n) is 2.65. The van der Waals surface area contributed by atoms with E-state index in [1.54, 1.807) is 18.2 Å². The molecule has 11 heteroatoms. The molecule has 3 rings (SSSR count). The summed E-state index contributed by atoms with van der Waals surface area (Å²) in [6.07, 6.45) is 0. The maximum absolute atomic E-state index is 12.1. The van der Waals surface area contributed by atoms with Crippen molar-refractivity contribution in [2.24, 2.45) is 10.7 Å². The van der Waals surface area contributed by atoms with Crippen molar-refractivity contribution < 1.29 is 27.5 Å². The number of hydrogen-bond donors (Lipinski definition) is 3. The van der Waals surface area contributed by atoms with Gasteiger partial charge in [-0.05, 0) is 43.3 Å². The molecule has 1 aliphatic rings. The Bertz CT molecular complexity index is 1140. The fourth-order valence-corrected chi connectivity index (χ4v) is 3.89. The zero-order valence-electron chi connectivity index (χ0n) is 15.8. The molecule has 0 aliphatic carbocycles. The molecule has 2 amide bonds. The van der Waals surface area contributed by atoms with Gasteiger partial charge in [-0.3, -0.25) is 19.3 Å². The Labute approximate surface area is 172 Å². The molecule has 0 spiro atoms. The second-order valence-electron chi connectivity index (χ2n) is 6.35. The van der Waals surface area contributed by atoms with Crippen LogP contribution in [0.5, 0.6) is 0 Å². The summed E-state index contributed by atoms with van der Waals surface area (Å²) in [6.45, 7) is 0.860. The predicted octanol–water partition coefficient (Wildman–Crippen LogP) is 0.394. The number of hydrogen-bond acceptors (Lipinski definition) is 7. The second kappa shape index (κ2) is 8.33. The first-order valence-corrected chi connectivity index (χ1v) is 10.2. The number of ether oxygens (including phenoxy) is 1. The van der Waals surface area contributed by atoms with Crippen molar-refractivity contribution in [1.82, 2.24) is 4.72 Å². The highest BCUT2D eigenvalue weighted by Gasteiger charge is 2.31. The smallest absolute Gasteiger partial charge is 0.331 e. The van der Waals surface area contributed by atoms with Gasteiger partial charge in [-0.25, -0.2) is 13.2 Å². The highest BCUT2D eigenvalue weighted by molar-refractivity contribution is 7.90. The Morgan fingerprint density at radius 2 is 1.80 bits per heavy atom. The van der Waals surface area contributed by atoms with Gasteiger partial charge in [0.15, 0.2) is 6.61 Å². The number of esters is 1. The van der Waals surface area contributed by atoms with E-state index in [-0.39, 0.29) is 16.3 Å². The lowest BCUT2D eigenvalue weighted by Gasteiger charge is -2.10. The summed E-state index contributed by atoms with van der Waals surface area (Å²) < 4.78 is 31.4. The number of nitrogens with one attached hydrogen (secondary N) is 2. The van der Waals surface area contributed by atoms with Gasteiger partial charge >= 0.3 is 5.97 Å². The minimum Gasteiger partial charge on any atom is -0.454 e. The number of nitrogens with two attached hydrogens (primary N) is 1. The normalized spacial score (nSPS) is 16.2. The summed E-state index contributed by atoms with van der Waals surface area (Å²) >= 11 is 0. The number of anilines is 1. The summed E-state index contributed by atoms with van der Waals surface area (Å²) in [6, 6.07) is 11.1. The van der Waals surface area contributed by atoms with Crippen molar-refractivity contribution >= 4 is 39.3 Å². The highest BCUT2D eigenvalue weighted by Crippen LogP contribution is 2.22. The maximum Gasteiger partial charge on any atom is 0.331 e. The van der Waals surface area contributed by atoms with Crippen LogP contribution in [0.2, 0.25) is 0 Å². The first-order valence-electron chi connectivity index (χ1n) is 8.74. The van der Waals surface area contributed by atoms with Gasteiger partial charge in [-0.1, -0.05) is 12.1 Å². The van der Waals surface area contributed by atoms with Crippen molar-refractivity contribution in [3.05, 3.63) is 59.7 Å². The Hall–Kier alpha value is -3.73. The summed E-state index contributed by atoms with van der Waals surface area (Å²) in [5.74, 6) is -1.95. The van der Waals surface area contributed by atoms with Crippen molar-refractivity contribution in [2.45, 2.75) is 17.9 Å². The largest absolute Gasteiger partial charge is 0.454 e. The summed E-state index contributed by atoms with van der Waals surface area (Å²) in [4.78, 5) is 39.3. The average molecular weight is 430 g/mol. The molecular weight excluding hydrogens is 412 g/mol. The summed E-state index contributed by atoms with van der Waals surface area (Å²) in [5.41, 5.74) is 6.18. The molecule has 30 heavy (non-hydrogen) atoms. The van der Waals surface area contributed by atoms with Gasteiger partial charge in [0.25, 0.3) is 15.9 Å². The van der Waals surface area contributed by atoms with E-state index in [1.165, 1.54) is 37.3 Å². The number of amidine groups is 1. The third-order valence-corrected chi connectivity index (χ3v) is 5.52. The highest BCUT2D eigenvalue weighted by atomic mass is 32.2. The molecule has 0 saturated carbocycles. The van der Waals surface area contributed by atoms with Gasteiger partial charge in [0.1, 0.15) is 11.9 Å². The van der Waals surface area contributed by atoms with Crippen molar-refractivity contribution in [1.29, 1.82) is 0 Å². The lowest BCUT2D eigenvalue weighted by atomic mass is 10.2.